The van der Waals surface area contributed by atoms with Crippen LogP contribution in [0.3, 0.4) is 0 Å². The lowest BCUT2D eigenvalue weighted by molar-refractivity contribution is -0.214. The van der Waals surface area contributed by atoms with Crippen molar-refractivity contribution in [2.75, 3.05) is 12.3 Å². The predicted octanol–water partition coefficient (Wildman–Crippen LogP) is 1.40. The van der Waals surface area contributed by atoms with Gasteiger partial charge in [0, 0.05) is 24.5 Å². The fraction of sp³-hybridized carbons (Fsp3) is 0.500. The van der Waals surface area contributed by atoms with Crippen molar-refractivity contribution in [2.45, 2.75) is 25.7 Å². The zero-order chi connectivity index (χ0) is 13.1. The van der Waals surface area contributed by atoms with Crippen molar-refractivity contribution < 1.29 is 17.9 Å². The minimum Gasteiger partial charge on any atom is -0.398 e. The van der Waals surface area contributed by atoms with Gasteiger partial charge in [-0.2, -0.15) is 13.2 Å². The SMILES string of the molecule is CC(OCCn1cc(N)ccc1=O)C(F)(F)F. The Hall–Kier alpha value is -1.50. The molecule has 2 N–H and O–H groups in total. The minimum atomic E-state index is -4.39. The van der Waals surface area contributed by atoms with Crippen LogP contribution in [0.2, 0.25) is 0 Å². The van der Waals surface area contributed by atoms with E-state index >= 15 is 0 Å². The molecule has 0 saturated heterocycles. The molecule has 1 aromatic heterocycles. The molecule has 0 amide bonds. The van der Waals surface area contributed by atoms with Crippen LogP contribution in [0.1, 0.15) is 6.92 Å². The maximum Gasteiger partial charge on any atom is 0.414 e. The number of aromatic nitrogens is 1. The lowest BCUT2D eigenvalue weighted by Gasteiger charge is -2.16. The number of rotatable bonds is 4. The molecule has 0 fully saturated rings. The van der Waals surface area contributed by atoms with E-state index in [2.05, 4.69) is 4.74 Å². The molecule has 0 spiro atoms. The number of hydrogen-bond acceptors (Lipinski definition) is 3. The number of nitrogen functional groups attached to an aromatic ring is 1. The first-order chi connectivity index (χ1) is 7.80. The molecule has 1 aromatic rings. The summed E-state index contributed by atoms with van der Waals surface area (Å²) in [6.45, 7) is 0.746. The molecule has 96 valence electrons. The number of ether oxygens (including phenoxy) is 1. The Bertz CT molecular complexity index is 428. The zero-order valence-corrected chi connectivity index (χ0v) is 9.20. The first kappa shape index (κ1) is 13.6. The quantitative estimate of drug-likeness (QED) is 0.878. The van der Waals surface area contributed by atoms with Crippen LogP contribution in [0, 0.1) is 0 Å². The highest BCUT2D eigenvalue weighted by Gasteiger charge is 2.36. The van der Waals surface area contributed by atoms with E-state index in [0.717, 1.165) is 6.92 Å². The van der Waals surface area contributed by atoms with Crippen LogP contribution in [0.5, 0.6) is 0 Å². The van der Waals surface area contributed by atoms with Crippen LogP contribution >= 0.6 is 0 Å². The lowest BCUT2D eigenvalue weighted by atomic mass is 10.4. The zero-order valence-electron chi connectivity index (χ0n) is 9.20. The number of anilines is 1. The maximum atomic E-state index is 12.1. The molecule has 17 heavy (non-hydrogen) atoms. The van der Waals surface area contributed by atoms with Crippen molar-refractivity contribution in [1.29, 1.82) is 0 Å². The van der Waals surface area contributed by atoms with Gasteiger partial charge >= 0.3 is 6.18 Å². The molecule has 0 bridgehead atoms. The van der Waals surface area contributed by atoms with Gasteiger partial charge in [0.15, 0.2) is 6.10 Å². The summed E-state index contributed by atoms with van der Waals surface area (Å²) in [5, 5.41) is 0. The van der Waals surface area contributed by atoms with Gasteiger partial charge in [0.25, 0.3) is 5.56 Å². The average Bonchev–Trinajstić information content (AvgIpc) is 2.21. The third-order valence-electron chi connectivity index (χ3n) is 2.17. The Morgan fingerprint density at radius 1 is 1.47 bits per heavy atom. The van der Waals surface area contributed by atoms with Crippen molar-refractivity contribution in [3.05, 3.63) is 28.7 Å². The number of halogens is 3. The summed E-state index contributed by atoms with van der Waals surface area (Å²) in [6.07, 6.45) is -4.87. The van der Waals surface area contributed by atoms with Crippen LogP contribution in [0.4, 0.5) is 18.9 Å². The van der Waals surface area contributed by atoms with Crippen LogP contribution in [-0.2, 0) is 11.3 Å². The van der Waals surface area contributed by atoms with Crippen molar-refractivity contribution in [2.24, 2.45) is 0 Å². The van der Waals surface area contributed by atoms with E-state index in [1.54, 1.807) is 0 Å². The Balaban J connectivity index is 2.52. The smallest absolute Gasteiger partial charge is 0.398 e. The summed E-state index contributed by atoms with van der Waals surface area (Å²) in [4.78, 5) is 11.3. The molecule has 0 aromatic carbocycles. The molecule has 1 unspecified atom stereocenters. The average molecular weight is 250 g/mol. The van der Waals surface area contributed by atoms with Gasteiger partial charge < -0.3 is 15.0 Å². The highest BCUT2D eigenvalue weighted by molar-refractivity contribution is 5.33. The van der Waals surface area contributed by atoms with Gasteiger partial charge in [0.2, 0.25) is 0 Å². The predicted molar refractivity (Wildman–Crippen MR) is 56.6 cm³/mol. The van der Waals surface area contributed by atoms with Gasteiger partial charge in [-0.1, -0.05) is 0 Å². The molecular weight excluding hydrogens is 237 g/mol. The first-order valence-corrected chi connectivity index (χ1v) is 4.95. The van der Waals surface area contributed by atoms with E-state index in [4.69, 9.17) is 5.73 Å². The van der Waals surface area contributed by atoms with Crippen molar-refractivity contribution >= 4 is 5.69 Å². The minimum absolute atomic E-state index is 0.0320. The second-order valence-corrected chi connectivity index (χ2v) is 3.55. The van der Waals surface area contributed by atoms with Gasteiger partial charge in [-0.3, -0.25) is 4.79 Å². The molecule has 4 nitrogen and oxygen atoms in total. The molecule has 0 radical (unpaired) electrons. The van der Waals surface area contributed by atoms with Crippen LogP contribution in [-0.4, -0.2) is 23.5 Å². The molecule has 0 aliphatic rings. The van der Waals surface area contributed by atoms with Crippen LogP contribution in [0.25, 0.3) is 0 Å². The Morgan fingerprint density at radius 3 is 2.71 bits per heavy atom. The fourth-order valence-electron chi connectivity index (χ4n) is 1.15. The summed E-state index contributed by atoms with van der Waals surface area (Å²) in [7, 11) is 0. The lowest BCUT2D eigenvalue weighted by Crippen LogP contribution is -2.30. The Morgan fingerprint density at radius 2 is 2.12 bits per heavy atom. The summed E-state index contributed by atoms with van der Waals surface area (Å²) in [6, 6.07) is 2.68. The Labute approximate surface area is 95.8 Å². The van der Waals surface area contributed by atoms with E-state index in [1.165, 1.54) is 22.9 Å². The van der Waals surface area contributed by atoms with E-state index in [-0.39, 0.29) is 18.7 Å². The molecule has 0 saturated carbocycles. The second kappa shape index (κ2) is 5.22. The number of pyridine rings is 1. The molecule has 1 atom stereocenters. The van der Waals surface area contributed by atoms with Gasteiger partial charge in [0.05, 0.1) is 6.61 Å². The summed E-state index contributed by atoms with van der Waals surface area (Å²) < 4.78 is 42.1. The normalized spacial score (nSPS) is 13.6. The highest BCUT2D eigenvalue weighted by atomic mass is 19.4. The van der Waals surface area contributed by atoms with E-state index < -0.39 is 12.3 Å². The van der Waals surface area contributed by atoms with Crippen molar-refractivity contribution in [1.82, 2.24) is 4.57 Å². The van der Waals surface area contributed by atoms with E-state index in [0.29, 0.717) is 5.69 Å². The second-order valence-electron chi connectivity index (χ2n) is 3.55. The maximum absolute atomic E-state index is 12.1. The van der Waals surface area contributed by atoms with Crippen molar-refractivity contribution in [3.63, 3.8) is 0 Å². The fourth-order valence-corrected chi connectivity index (χ4v) is 1.15. The summed E-state index contributed by atoms with van der Waals surface area (Å²) in [5.41, 5.74) is 5.49. The standard InChI is InChI=1S/C10H13F3N2O2/c1-7(10(11,12)13)17-5-4-15-6-8(14)2-3-9(15)16/h2-3,6-7H,4-5,14H2,1H3. The molecule has 1 rings (SSSR count). The van der Waals surface area contributed by atoms with E-state index in [1.807, 2.05) is 0 Å². The molecule has 0 aliphatic carbocycles. The van der Waals surface area contributed by atoms with Crippen LogP contribution in [0.15, 0.2) is 23.1 Å². The summed E-state index contributed by atoms with van der Waals surface area (Å²) in [5.74, 6) is 0. The van der Waals surface area contributed by atoms with Gasteiger partial charge in [-0.15, -0.1) is 0 Å². The van der Waals surface area contributed by atoms with Gasteiger partial charge in [0.1, 0.15) is 0 Å². The van der Waals surface area contributed by atoms with Gasteiger partial charge in [-0.25, -0.2) is 0 Å². The van der Waals surface area contributed by atoms with Crippen molar-refractivity contribution in [3.8, 4) is 0 Å². The topological polar surface area (TPSA) is 57.2 Å². The largest absolute Gasteiger partial charge is 0.414 e. The third kappa shape index (κ3) is 4.10. The monoisotopic (exact) mass is 250 g/mol. The Kier molecular flexibility index (Phi) is 4.17. The number of alkyl halides is 3. The third-order valence-corrected chi connectivity index (χ3v) is 2.17. The number of nitrogens with zero attached hydrogens (tertiary/aromatic N) is 1. The highest BCUT2D eigenvalue weighted by Crippen LogP contribution is 2.22. The molecule has 7 heteroatoms. The molecule has 0 aliphatic heterocycles. The van der Waals surface area contributed by atoms with E-state index in [9.17, 15) is 18.0 Å². The number of nitrogens with two attached hydrogens (primary N) is 1. The first-order valence-electron chi connectivity index (χ1n) is 4.95. The van der Waals surface area contributed by atoms with Crippen LogP contribution < -0.4 is 11.3 Å². The summed E-state index contributed by atoms with van der Waals surface area (Å²) >= 11 is 0. The van der Waals surface area contributed by atoms with Gasteiger partial charge in [-0.05, 0) is 13.0 Å². The molecular formula is C10H13F3N2O2. The molecule has 1 heterocycles. The number of hydrogen-bond donors (Lipinski definition) is 1.